The Bertz CT molecular complexity index is 730. The van der Waals surface area contributed by atoms with Gasteiger partial charge in [0.1, 0.15) is 6.04 Å². The van der Waals surface area contributed by atoms with Crippen molar-refractivity contribution >= 4 is 16.9 Å². The van der Waals surface area contributed by atoms with Crippen LogP contribution in [0, 0.1) is 0 Å². The molecule has 2 aromatic rings. The Morgan fingerprint density at radius 1 is 1.50 bits per heavy atom. The topological polar surface area (TPSA) is 45.3 Å². The standard InChI is InChI=1S/C18H20N2O2/c1-3-13-8-9-20(12-13)17(18(21)22-2)10-14-11-19-16-7-5-4-6-15(14)16/h3-8,11,17,19H,1,9-10,12H2,2H3/t17-/m0/s1. The summed E-state index contributed by atoms with van der Waals surface area (Å²) in [6, 6.07) is 7.85. The first-order valence-corrected chi connectivity index (χ1v) is 7.41. The van der Waals surface area contributed by atoms with Crippen LogP contribution >= 0.6 is 0 Å². The lowest BCUT2D eigenvalue weighted by atomic mass is 10.0. The van der Waals surface area contributed by atoms with E-state index < -0.39 is 0 Å². The highest BCUT2D eigenvalue weighted by molar-refractivity contribution is 5.84. The number of nitrogens with zero attached hydrogens (tertiary/aromatic N) is 1. The zero-order valence-electron chi connectivity index (χ0n) is 12.7. The average Bonchev–Trinajstić information content (AvgIpc) is 3.18. The molecule has 1 aromatic heterocycles. The highest BCUT2D eigenvalue weighted by Crippen LogP contribution is 2.23. The molecule has 1 aliphatic rings. The van der Waals surface area contributed by atoms with Gasteiger partial charge in [0.25, 0.3) is 0 Å². The molecule has 0 fully saturated rings. The lowest BCUT2D eigenvalue weighted by molar-refractivity contribution is -0.146. The van der Waals surface area contributed by atoms with Crippen LogP contribution in [0.2, 0.25) is 0 Å². The Morgan fingerprint density at radius 3 is 3.05 bits per heavy atom. The van der Waals surface area contributed by atoms with Gasteiger partial charge >= 0.3 is 5.97 Å². The van der Waals surface area contributed by atoms with E-state index in [4.69, 9.17) is 4.74 Å². The summed E-state index contributed by atoms with van der Waals surface area (Å²) in [6.45, 7) is 5.30. The van der Waals surface area contributed by atoms with Crippen molar-refractivity contribution in [1.82, 2.24) is 9.88 Å². The smallest absolute Gasteiger partial charge is 0.323 e. The molecule has 1 aliphatic heterocycles. The average molecular weight is 296 g/mol. The second-order valence-corrected chi connectivity index (χ2v) is 5.52. The number of para-hydroxylation sites is 1. The molecule has 4 heteroatoms. The maximum Gasteiger partial charge on any atom is 0.323 e. The van der Waals surface area contributed by atoms with Crippen LogP contribution in [0.5, 0.6) is 0 Å². The summed E-state index contributed by atoms with van der Waals surface area (Å²) in [5, 5.41) is 1.16. The van der Waals surface area contributed by atoms with E-state index in [0.29, 0.717) is 6.42 Å². The summed E-state index contributed by atoms with van der Waals surface area (Å²) in [6.07, 6.45) is 6.58. The molecular formula is C18H20N2O2. The fourth-order valence-electron chi connectivity index (χ4n) is 2.99. The molecule has 1 atom stereocenters. The van der Waals surface area contributed by atoms with Crippen molar-refractivity contribution in [2.45, 2.75) is 12.5 Å². The first-order valence-electron chi connectivity index (χ1n) is 7.41. The van der Waals surface area contributed by atoms with Gasteiger partial charge in [-0.2, -0.15) is 0 Å². The quantitative estimate of drug-likeness (QED) is 0.863. The van der Waals surface area contributed by atoms with Gasteiger partial charge in [-0.15, -0.1) is 0 Å². The van der Waals surface area contributed by atoms with Crippen molar-refractivity contribution in [1.29, 1.82) is 0 Å². The molecule has 0 unspecified atom stereocenters. The molecule has 1 N–H and O–H groups in total. The molecule has 0 saturated heterocycles. The van der Waals surface area contributed by atoms with Gasteiger partial charge in [-0.3, -0.25) is 9.69 Å². The fraction of sp³-hybridized carbons (Fsp3) is 0.278. The Labute approximate surface area is 130 Å². The molecule has 0 aliphatic carbocycles. The number of benzene rings is 1. The number of hydrogen-bond acceptors (Lipinski definition) is 3. The van der Waals surface area contributed by atoms with Gasteiger partial charge < -0.3 is 9.72 Å². The number of ether oxygens (including phenoxy) is 1. The zero-order chi connectivity index (χ0) is 15.5. The van der Waals surface area contributed by atoms with Gasteiger partial charge in [-0.25, -0.2) is 0 Å². The van der Waals surface area contributed by atoms with Crippen LogP contribution in [-0.2, 0) is 16.0 Å². The number of carbonyl (C=O) groups is 1. The van der Waals surface area contributed by atoms with E-state index in [-0.39, 0.29) is 12.0 Å². The molecule has 0 spiro atoms. The van der Waals surface area contributed by atoms with Crippen molar-refractivity contribution < 1.29 is 9.53 Å². The SMILES string of the molecule is C=CC1=CCN([C@@H](Cc2c[nH]c3ccccc23)C(=O)OC)C1. The minimum atomic E-state index is -0.280. The molecule has 2 heterocycles. The minimum absolute atomic E-state index is 0.191. The number of rotatable bonds is 5. The molecular weight excluding hydrogens is 276 g/mol. The number of hydrogen-bond donors (Lipinski definition) is 1. The summed E-state index contributed by atoms with van der Waals surface area (Å²) >= 11 is 0. The largest absolute Gasteiger partial charge is 0.468 e. The summed E-state index contributed by atoms with van der Waals surface area (Å²) in [5.41, 5.74) is 3.39. The lowest BCUT2D eigenvalue weighted by Crippen LogP contribution is -2.42. The number of H-pyrrole nitrogens is 1. The van der Waals surface area contributed by atoms with E-state index in [9.17, 15) is 4.79 Å². The Hall–Kier alpha value is -2.33. The fourth-order valence-corrected chi connectivity index (χ4v) is 2.99. The van der Waals surface area contributed by atoms with Crippen molar-refractivity contribution in [3.63, 3.8) is 0 Å². The monoisotopic (exact) mass is 296 g/mol. The van der Waals surface area contributed by atoms with Crippen LogP contribution in [0.4, 0.5) is 0 Å². The van der Waals surface area contributed by atoms with E-state index in [1.165, 1.54) is 7.11 Å². The van der Waals surface area contributed by atoms with E-state index in [1.54, 1.807) is 0 Å². The van der Waals surface area contributed by atoms with Crippen molar-refractivity contribution in [2.75, 3.05) is 20.2 Å². The molecule has 22 heavy (non-hydrogen) atoms. The van der Waals surface area contributed by atoms with Gasteiger partial charge in [0.2, 0.25) is 0 Å². The summed E-state index contributed by atoms with van der Waals surface area (Å²) in [4.78, 5) is 17.6. The molecule has 3 rings (SSSR count). The lowest BCUT2D eigenvalue weighted by Gasteiger charge is -2.25. The second-order valence-electron chi connectivity index (χ2n) is 5.52. The highest BCUT2D eigenvalue weighted by Gasteiger charge is 2.29. The van der Waals surface area contributed by atoms with Crippen molar-refractivity contribution in [3.05, 3.63) is 60.3 Å². The third-order valence-corrected chi connectivity index (χ3v) is 4.24. The number of esters is 1. The van der Waals surface area contributed by atoms with Gasteiger partial charge in [0.05, 0.1) is 7.11 Å². The van der Waals surface area contributed by atoms with Crippen LogP contribution in [-0.4, -0.2) is 42.1 Å². The number of methoxy groups -OCH3 is 1. The van der Waals surface area contributed by atoms with Crippen molar-refractivity contribution in [3.8, 4) is 0 Å². The third-order valence-electron chi connectivity index (χ3n) is 4.24. The predicted octanol–water partition coefficient (Wildman–Crippen LogP) is 2.68. The number of aromatic amines is 1. The Morgan fingerprint density at radius 2 is 2.32 bits per heavy atom. The van der Waals surface area contributed by atoms with Gasteiger partial charge in [0, 0.05) is 36.6 Å². The Kier molecular flexibility index (Phi) is 4.11. The molecule has 4 nitrogen and oxygen atoms in total. The van der Waals surface area contributed by atoms with Gasteiger partial charge in [-0.1, -0.05) is 36.9 Å². The number of nitrogens with one attached hydrogen (secondary N) is 1. The van der Waals surface area contributed by atoms with Crippen LogP contribution < -0.4 is 0 Å². The second kappa shape index (κ2) is 6.20. The normalized spacial score (nSPS) is 16.5. The van der Waals surface area contributed by atoms with E-state index in [1.807, 2.05) is 30.5 Å². The molecule has 0 radical (unpaired) electrons. The molecule has 1 aromatic carbocycles. The number of carbonyl (C=O) groups excluding carboxylic acids is 1. The molecule has 0 saturated carbocycles. The summed E-state index contributed by atoms with van der Waals surface area (Å²) in [7, 11) is 1.45. The van der Waals surface area contributed by atoms with Crippen LogP contribution in [0.15, 0.2) is 54.8 Å². The number of aromatic nitrogens is 1. The maximum absolute atomic E-state index is 12.2. The summed E-state index contributed by atoms with van der Waals surface area (Å²) < 4.78 is 5.01. The van der Waals surface area contributed by atoms with Gasteiger partial charge in [0.15, 0.2) is 0 Å². The van der Waals surface area contributed by atoms with Gasteiger partial charge in [-0.05, 0) is 17.2 Å². The van der Waals surface area contributed by atoms with Crippen LogP contribution in [0.3, 0.4) is 0 Å². The molecule has 0 bridgehead atoms. The van der Waals surface area contributed by atoms with E-state index in [0.717, 1.165) is 35.1 Å². The zero-order valence-corrected chi connectivity index (χ0v) is 12.7. The Balaban J connectivity index is 1.84. The maximum atomic E-state index is 12.2. The highest BCUT2D eigenvalue weighted by atomic mass is 16.5. The molecule has 114 valence electrons. The van der Waals surface area contributed by atoms with Crippen LogP contribution in [0.1, 0.15) is 5.56 Å². The predicted molar refractivity (Wildman–Crippen MR) is 87.7 cm³/mol. The van der Waals surface area contributed by atoms with Crippen molar-refractivity contribution in [2.24, 2.45) is 0 Å². The molecule has 0 amide bonds. The van der Waals surface area contributed by atoms with E-state index >= 15 is 0 Å². The van der Waals surface area contributed by atoms with E-state index in [2.05, 4.69) is 28.6 Å². The first kappa shape index (κ1) is 14.6. The minimum Gasteiger partial charge on any atom is -0.468 e. The first-order chi connectivity index (χ1) is 10.7. The van der Waals surface area contributed by atoms with Crippen LogP contribution in [0.25, 0.3) is 10.9 Å². The number of fused-ring (bicyclic) bond motifs is 1. The summed E-state index contributed by atoms with van der Waals surface area (Å²) in [5.74, 6) is -0.191. The third kappa shape index (κ3) is 2.70.